The SMILES string of the molecule is COC(=O)C1=C(C)N(c2ccc3c(c2)OCCO3)C(=S)N[C@@H]1c1ccccc1F. The van der Waals surface area contributed by atoms with Crippen LogP contribution in [-0.2, 0) is 9.53 Å². The standard InChI is InChI=1S/C21H19FN2O4S/c1-12-18(20(25)26-2)19(14-5-3-4-6-15(14)22)23-21(29)24(12)13-7-8-16-17(11-13)28-10-9-27-16/h3-8,11,19H,9-10H2,1-2H3,(H,23,29)/t19-/m1/s1. The summed E-state index contributed by atoms with van der Waals surface area (Å²) in [6.07, 6.45) is 0. The van der Waals surface area contributed by atoms with Crippen LogP contribution in [0.15, 0.2) is 53.7 Å². The number of allylic oxidation sites excluding steroid dienone is 1. The Labute approximate surface area is 172 Å². The molecule has 2 aliphatic heterocycles. The number of rotatable bonds is 3. The molecule has 2 aromatic rings. The van der Waals surface area contributed by atoms with Gasteiger partial charge in [0.2, 0.25) is 0 Å². The second-order valence-corrected chi connectivity index (χ2v) is 6.94. The molecule has 1 atom stereocenters. The first-order valence-corrected chi connectivity index (χ1v) is 9.46. The number of hydrogen-bond acceptors (Lipinski definition) is 5. The van der Waals surface area contributed by atoms with E-state index in [9.17, 15) is 9.18 Å². The van der Waals surface area contributed by atoms with E-state index in [-0.39, 0.29) is 5.57 Å². The Bertz CT molecular complexity index is 1020. The molecule has 0 spiro atoms. The van der Waals surface area contributed by atoms with Gasteiger partial charge in [-0.05, 0) is 37.3 Å². The third kappa shape index (κ3) is 3.40. The molecule has 0 amide bonds. The van der Waals surface area contributed by atoms with Crippen LogP contribution in [0.3, 0.4) is 0 Å². The zero-order valence-electron chi connectivity index (χ0n) is 15.9. The lowest BCUT2D eigenvalue weighted by atomic mass is 9.94. The molecule has 0 radical (unpaired) electrons. The second-order valence-electron chi connectivity index (χ2n) is 6.56. The number of benzene rings is 2. The van der Waals surface area contributed by atoms with Crippen molar-refractivity contribution in [2.24, 2.45) is 0 Å². The van der Waals surface area contributed by atoms with Gasteiger partial charge in [0.05, 0.1) is 24.4 Å². The minimum absolute atomic E-state index is 0.279. The molecule has 2 aliphatic rings. The van der Waals surface area contributed by atoms with Gasteiger partial charge in [-0.15, -0.1) is 0 Å². The van der Waals surface area contributed by atoms with Crippen molar-refractivity contribution in [2.75, 3.05) is 25.2 Å². The number of nitrogens with zero attached hydrogens (tertiary/aromatic N) is 1. The van der Waals surface area contributed by atoms with Crippen LogP contribution in [0.25, 0.3) is 0 Å². The van der Waals surface area contributed by atoms with Gasteiger partial charge in [0.1, 0.15) is 19.0 Å². The summed E-state index contributed by atoms with van der Waals surface area (Å²) in [5, 5.41) is 3.42. The predicted octanol–water partition coefficient (Wildman–Crippen LogP) is 3.48. The number of esters is 1. The third-order valence-electron chi connectivity index (χ3n) is 4.89. The number of hydrogen-bond donors (Lipinski definition) is 1. The second kappa shape index (κ2) is 7.71. The van der Waals surface area contributed by atoms with Crippen molar-refractivity contribution in [3.8, 4) is 11.5 Å². The number of nitrogens with one attached hydrogen (secondary N) is 1. The highest BCUT2D eigenvalue weighted by atomic mass is 32.1. The molecule has 6 nitrogen and oxygen atoms in total. The first-order chi connectivity index (χ1) is 14.0. The van der Waals surface area contributed by atoms with Crippen molar-refractivity contribution >= 4 is 29.0 Å². The van der Waals surface area contributed by atoms with Crippen molar-refractivity contribution in [3.05, 3.63) is 65.1 Å². The fourth-order valence-electron chi connectivity index (χ4n) is 3.54. The van der Waals surface area contributed by atoms with E-state index in [0.29, 0.717) is 46.8 Å². The van der Waals surface area contributed by atoms with Crippen LogP contribution in [0.2, 0.25) is 0 Å². The van der Waals surface area contributed by atoms with E-state index < -0.39 is 17.8 Å². The lowest BCUT2D eigenvalue weighted by Gasteiger charge is -2.37. The Balaban J connectivity index is 1.82. The van der Waals surface area contributed by atoms with E-state index in [1.807, 2.05) is 6.07 Å². The molecule has 2 heterocycles. The maximum atomic E-state index is 14.5. The summed E-state index contributed by atoms with van der Waals surface area (Å²) in [7, 11) is 1.29. The number of methoxy groups -OCH3 is 1. The van der Waals surface area contributed by atoms with E-state index in [1.54, 1.807) is 42.2 Å². The van der Waals surface area contributed by atoms with Gasteiger partial charge in [-0.3, -0.25) is 4.90 Å². The van der Waals surface area contributed by atoms with Gasteiger partial charge in [0.15, 0.2) is 16.6 Å². The van der Waals surface area contributed by atoms with Crippen molar-refractivity contribution in [1.82, 2.24) is 5.32 Å². The largest absolute Gasteiger partial charge is 0.486 e. The van der Waals surface area contributed by atoms with E-state index in [4.69, 9.17) is 26.4 Å². The molecular weight excluding hydrogens is 395 g/mol. The van der Waals surface area contributed by atoms with E-state index in [1.165, 1.54) is 13.2 Å². The molecule has 150 valence electrons. The summed E-state index contributed by atoms with van der Waals surface area (Å²) in [5.74, 6) is 0.248. The normalized spacial score (nSPS) is 18.4. The van der Waals surface area contributed by atoms with Gasteiger partial charge in [-0.1, -0.05) is 18.2 Å². The van der Waals surface area contributed by atoms with Crippen LogP contribution in [0, 0.1) is 5.82 Å². The zero-order chi connectivity index (χ0) is 20.5. The van der Waals surface area contributed by atoms with E-state index >= 15 is 0 Å². The Morgan fingerprint density at radius 2 is 1.93 bits per heavy atom. The molecule has 0 saturated carbocycles. The van der Waals surface area contributed by atoms with Gasteiger partial charge in [-0.2, -0.15) is 0 Å². The fraction of sp³-hybridized carbons (Fsp3) is 0.238. The number of anilines is 1. The van der Waals surface area contributed by atoms with Gasteiger partial charge < -0.3 is 19.5 Å². The number of carbonyl (C=O) groups excluding carboxylic acids is 1. The van der Waals surface area contributed by atoms with Crippen LogP contribution >= 0.6 is 12.2 Å². The topological polar surface area (TPSA) is 60.0 Å². The number of halogens is 1. The Morgan fingerprint density at radius 1 is 1.21 bits per heavy atom. The minimum Gasteiger partial charge on any atom is -0.486 e. The Morgan fingerprint density at radius 3 is 2.66 bits per heavy atom. The van der Waals surface area contributed by atoms with Gasteiger partial charge >= 0.3 is 5.97 Å². The average molecular weight is 414 g/mol. The summed E-state index contributed by atoms with van der Waals surface area (Å²) in [6, 6.07) is 10.9. The highest BCUT2D eigenvalue weighted by Crippen LogP contribution is 2.39. The molecule has 0 unspecified atom stereocenters. The van der Waals surface area contributed by atoms with Gasteiger partial charge in [0.25, 0.3) is 0 Å². The summed E-state index contributed by atoms with van der Waals surface area (Å²) in [6.45, 7) is 2.70. The van der Waals surface area contributed by atoms with E-state index in [2.05, 4.69) is 5.32 Å². The third-order valence-corrected chi connectivity index (χ3v) is 5.19. The minimum atomic E-state index is -0.760. The number of fused-ring (bicyclic) bond motifs is 1. The zero-order valence-corrected chi connectivity index (χ0v) is 16.7. The summed E-state index contributed by atoms with van der Waals surface area (Å²) < 4.78 is 30.7. The molecule has 0 saturated heterocycles. The van der Waals surface area contributed by atoms with Crippen LogP contribution in [0.5, 0.6) is 11.5 Å². The molecule has 0 bridgehead atoms. The monoisotopic (exact) mass is 414 g/mol. The Kier molecular flexibility index (Phi) is 5.10. The van der Waals surface area contributed by atoms with Crippen molar-refractivity contribution < 1.29 is 23.4 Å². The number of carbonyl (C=O) groups is 1. The molecule has 29 heavy (non-hydrogen) atoms. The van der Waals surface area contributed by atoms with Crippen LogP contribution < -0.4 is 19.7 Å². The molecule has 1 N–H and O–H groups in total. The highest BCUT2D eigenvalue weighted by molar-refractivity contribution is 7.80. The molecule has 0 fully saturated rings. The number of ether oxygens (including phenoxy) is 3. The maximum absolute atomic E-state index is 14.5. The molecule has 0 aromatic heterocycles. The van der Waals surface area contributed by atoms with Crippen LogP contribution in [0.4, 0.5) is 10.1 Å². The first kappa shape index (κ1) is 19.2. The summed E-state index contributed by atoms with van der Waals surface area (Å²) in [4.78, 5) is 14.3. The maximum Gasteiger partial charge on any atom is 0.337 e. The van der Waals surface area contributed by atoms with Crippen LogP contribution in [-0.4, -0.2) is 31.4 Å². The average Bonchev–Trinajstić information content (AvgIpc) is 2.73. The molecular formula is C21H19FN2O4S. The summed E-state index contributed by atoms with van der Waals surface area (Å²) >= 11 is 5.57. The highest BCUT2D eigenvalue weighted by Gasteiger charge is 2.36. The lowest BCUT2D eigenvalue weighted by Crippen LogP contribution is -2.48. The van der Waals surface area contributed by atoms with Gasteiger partial charge in [-0.25, -0.2) is 9.18 Å². The molecule has 4 rings (SSSR count). The molecule has 2 aromatic carbocycles. The van der Waals surface area contributed by atoms with Crippen LogP contribution in [0.1, 0.15) is 18.5 Å². The quantitative estimate of drug-likeness (QED) is 0.610. The first-order valence-electron chi connectivity index (χ1n) is 9.05. The Hall–Kier alpha value is -3.13. The predicted molar refractivity (Wildman–Crippen MR) is 110 cm³/mol. The van der Waals surface area contributed by atoms with Crippen molar-refractivity contribution in [3.63, 3.8) is 0 Å². The fourth-order valence-corrected chi connectivity index (χ4v) is 3.90. The molecule has 0 aliphatic carbocycles. The van der Waals surface area contributed by atoms with Crippen molar-refractivity contribution in [1.29, 1.82) is 0 Å². The molecule has 8 heteroatoms. The number of thiocarbonyl (C=S) groups is 1. The summed E-state index contributed by atoms with van der Waals surface area (Å²) in [5.41, 5.74) is 1.83. The van der Waals surface area contributed by atoms with E-state index in [0.717, 1.165) is 0 Å². The van der Waals surface area contributed by atoms with Gasteiger partial charge in [0, 0.05) is 17.3 Å². The smallest absolute Gasteiger partial charge is 0.337 e. The lowest BCUT2D eigenvalue weighted by molar-refractivity contribution is -0.136. The van der Waals surface area contributed by atoms with Crippen molar-refractivity contribution in [2.45, 2.75) is 13.0 Å².